The fourth-order valence-corrected chi connectivity index (χ4v) is 2.75. The molecule has 110 valence electrons. The number of hydrogen-bond donors (Lipinski definition) is 2. The SMILES string of the molecule is CCNc1cnccc1C(=O)N1CCCC(CCO)C1. The number of carbonyl (C=O) groups is 1. The molecule has 20 heavy (non-hydrogen) atoms. The highest BCUT2D eigenvalue weighted by Gasteiger charge is 2.25. The summed E-state index contributed by atoms with van der Waals surface area (Å²) in [6, 6.07) is 1.77. The number of likely N-dealkylation sites (tertiary alicyclic amines) is 1. The Labute approximate surface area is 120 Å². The van der Waals surface area contributed by atoms with Crippen molar-refractivity contribution in [3.63, 3.8) is 0 Å². The van der Waals surface area contributed by atoms with Crippen molar-refractivity contribution in [2.45, 2.75) is 26.2 Å². The van der Waals surface area contributed by atoms with Crippen LogP contribution in [0.2, 0.25) is 0 Å². The molecule has 1 atom stereocenters. The van der Waals surface area contributed by atoms with Crippen molar-refractivity contribution in [1.29, 1.82) is 0 Å². The first-order valence-corrected chi connectivity index (χ1v) is 7.34. The van der Waals surface area contributed by atoms with E-state index in [9.17, 15) is 4.79 Å². The van der Waals surface area contributed by atoms with Gasteiger partial charge in [0.2, 0.25) is 0 Å². The van der Waals surface area contributed by atoms with Crippen molar-refractivity contribution < 1.29 is 9.90 Å². The van der Waals surface area contributed by atoms with Crippen molar-refractivity contribution in [2.75, 3.05) is 31.6 Å². The second-order valence-electron chi connectivity index (χ2n) is 5.22. The van der Waals surface area contributed by atoms with Crippen LogP contribution in [0.3, 0.4) is 0 Å². The lowest BCUT2D eigenvalue weighted by Crippen LogP contribution is -2.40. The fourth-order valence-electron chi connectivity index (χ4n) is 2.75. The molecule has 1 amide bonds. The molecule has 5 nitrogen and oxygen atoms in total. The summed E-state index contributed by atoms with van der Waals surface area (Å²) in [5.74, 6) is 0.480. The van der Waals surface area contributed by atoms with Gasteiger partial charge in [-0.25, -0.2) is 0 Å². The highest BCUT2D eigenvalue weighted by molar-refractivity contribution is 5.99. The summed E-state index contributed by atoms with van der Waals surface area (Å²) in [5, 5.41) is 12.2. The molecule has 2 heterocycles. The minimum atomic E-state index is 0.0611. The number of amides is 1. The Bertz CT molecular complexity index is 448. The van der Waals surface area contributed by atoms with Gasteiger partial charge in [0.15, 0.2) is 0 Å². The summed E-state index contributed by atoms with van der Waals surface area (Å²) in [6.45, 7) is 4.51. The van der Waals surface area contributed by atoms with Crippen LogP contribution < -0.4 is 5.32 Å². The minimum Gasteiger partial charge on any atom is -0.396 e. The predicted molar refractivity (Wildman–Crippen MR) is 78.7 cm³/mol. The molecule has 1 aromatic heterocycles. The predicted octanol–water partition coefficient (Wildman–Crippen LogP) is 1.75. The molecule has 0 saturated carbocycles. The van der Waals surface area contributed by atoms with Crippen LogP contribution in [0.4, 0.5) is 5.69 Å². The lowest BCUT2D eigenvalue weighted by molar-refractivity contribution is 0.0654. The van der Waals surface area contributed by atoms with E-state index < -0.39 is 0 Å². The lowest BCUT2D eigenvalue weighted by Gasteiger charge is -2.33. The number of nitrogens with zero attached hydrogens (tertiary/aromatic N) is 2. The van der Waals surface area contributed by atoms with Crippen LogP contribution in [-0.2, 0) is 0 Å². The van der Waals surface area contributed by atoms with Crippen LogP contribution in [-0.4, -0.2) is 47.1 Å². The number of nitrogens with one attached hydrogen (secondary N) is 1. The maximum absolute atomic E-state index is 12.6. The van der Waals surface area contributed by atoms with E-state index in [0.717, 1.165) is 44.6 Å². The van der Waals surface area contributed by atoms with Crippen molar-refractivity contribution >= 4 is 11.6 Å². The number of piperidine rings is 1. The van der Waals surface area contributed by atoms with Crippen molar-refractivity contribution in [3.05, 3.63) is 24.0 Å². The van der Waals surface area contributed by atoms with Crippen molar-refractivity contribution in [2.24, 2.45) is 5.92 Å². The van der Waals surface area contributed by atoms with Crippen molar-refractivity contribution in [3.8, 4) is 0 Å². The topological polar surface area (TPSA) is 65.5 Å². The maximum Gasteiger partial charge on any atom is 0.256 e. The van der Waals surface area contributed by atoms with Gasteiger partial charge in [0.1, 0.15) is 0 Å². The number of aromatic nitrogens is 1. The van der Waals surface area contributed by atoms with Crippen LogP contribution in [0.15, 0.2) is 18.5 Å². The number of rotatable bonds is 5. The summed E-state index contributed by atoms with van der Waals surface area (Å²) in [6.07, 6.45) is 6.24. The molecule has 0 bridgehead atoms. The van der Waals surface area contributed by atoms with E-state index >= 15 is 0 Å². The van der Waals surface area contributed by atoms with Crippen LogP contribution in [0.25, 0.3) is 0 Å². The van der Waals surface area contributed by atoms with Gasteiger partial charge in [-0.2, -0.15) is 0 Å². The molecule has 1 fully saturated rings. The number of anilines is 1. The van der Waals surface area contributed by atoms with E-state index in [2.05, 4.69) is 10.3 Å². The Balaban J connectivity index is 2.10. The molecule has 1 unspecified atom stereocenters. The highest BCUT2D eigenvalue weighted by Crippen LogP contribution is 2.23. The van der Waals surface area contributed by atoms with Gasteiger partial charge >= 0.3 is 0 Å². The van der Waals surface area contributed by atoms with Gasteiger partial charge in [-0.05, 0) is 38.2 Å². The standard InChI is InChI=1S/C15H23N3O2/c1-2-17-14-10-16-7-5-13(14)15(20)18-8-3-4-12(11-18)6-9-19/h5,7,10,12,17,19H,2-4,6,8-9,11H2,1H3. The molecule has 0 aliphatic carbocycles. The van der Waals surface area contributed by atoms with Gasteiger partial charge in [0.05, 0.1) is 17.4 Å². The Morgan fingerprint density at radius 3 is 3.20 bits per heavy atom. The third-order valence-corrected chi connectivity index (χ3v) is 3.76. The molecule has 1 saturated heterocycles. The molecular weight excluding hydrogens is 254 g/mol. The van der Waals surface area contributed by atoms with Crippen LogP contribution in [0.1, 0.15) is 36.5 Å². The van der Waals surface area contributed by atoms with Crippen LogP contribution in [0, 0.1) is 5.92 Å². The number of hydrogen-bond acceptors (Lipinski definition) is 4. The van der Waals surface area contributed by atoms with Crippen molar-refractivity contribution in [1.82, 2.24) is 9.88 Å². The fraction of sp³-hybridized carbons (Fsp3) is 0.600. The zero-order chi connectivity index (χ0) is 14.4. The number of pyridine rings is 1. The van der Waals surface area contributed by atoms with E-state index in [4.69, 9.17) is 5.11 Å². The van der Waals surface area contributed by atoms with Gasteiger partial charge in [0.25, 0.3) is 5.91 Å². The Morgan fingerprint density at radius 1 is 1.60 bits per heavy atom. The van der Waals surface area contributed by atoms with E-state index in [0.29, 0.717) is 11.5 Å². The molecule has 2 N–H and O–H groups in total. The van der Waals surface area contributed by atoms with Gasteiger partial charge in [-0.1, -0.05) is 0 Å². The second-order valence-corrected chi connectivity index (χ2v) is 5.22. The molecule has 0 aromatic carbocycles. The van der Waals surface area contributed by atoms with E-state index in [1.807, 2.05) is 11.8 Å². The first kappa shape index (κ1) is 14.8. The van der Waals surface area contributed by atoms with E-state index in [1.54, 1.807) is 18.5 Å². The average Bonchev–Trinajstić information content (AvgIpc) is 2.48. The monoisotopic (exact) mass is 277 g/mol. The zero-order valence-electron chi connectivity index (χ0n) is 12.0. The number of aliphatic hydroxyl groups is 1. The summed E-state index contributed by atoms with van der Waals surface area (Å²) >= 11 is 0. The molecule has 1 aliphatic rings. The summed E-state index contributed by atoms with van der Waals surface area (Å²) in [5.41, 5.74) is 1.48. The first-order valence-electron chi connectivity index (χ1n) is 7.34. The Hall–Kier alpha value is -1.62. The third-order valence-electron chi connectivity index (χ3n) is 3.76. The smallest absolute Gasteiger partial charge is 0.256 e. The highest BCUT2D eigenvalue weighted by atomic mass is 16.3. The number of aliphatic hydroxyl groups excluding tert-OH is 1. The Morgan fingerprint density at radius 2 is 2.45 bits per heavy atom. The summed E-state index contributed by atoms with van der Waals surface area (Å²) in [7, 11) is 0. The van der Waals surface area contributed by atoms with Crippen LogP contribution in [0.5, 0.6) is 0 Å². The second kappa shape index (κ2) is 7.24. The minimum absolute atomic E-state index is 0.0611. The van der Waals surface area contributed by atoms with Gasteiger partial charge in [0, 0.05) is 32.4 Å². The van der Waals surface area contributed by atoms with Gasteiger partial charge < -0.3 is 15.3 Å². The molecule has 0 spiro atoms. The molecule has 0 radical (unpaired) electrons. The number of carbonyl (C=O) groups excluding carboxylic acids is 1. The average molecular weight is 277 g/mol. The summed E-state index contributed by atoms with van der Waals surface area (Å²) < 4.78 is 0. The zero-order valence-corrected chi connectivity index (χ0v) is 12.0. The normalized spacial score (nSPS) is 18.9. The lowest BCUT2D eigenvalue weighted by atomic mass is 9.94. The van der Waals surface area contributed by atoms with Crippen LogP contribution >= 0.6 is 0 Å². The van der Waals surface area contributed by atoms with Gasteiger partial charge in [-0.3, -0.25) is 9.78 Å². The molecule has 5 heteroatoms. The molecule has 1 aliphatic heterocycles. The molecule has 2 rings (SSSR count). The third kappa shape index (κ3) is 3.48. The van der Waals surface area contributed by atoms with E-state index in [-0.39, 0.29) is 12.5 Å². The summed E-state index contributed by atoms with van der Waals surface area (Å²) in [4.78, 5) is 18.6. The first-order chi connectivity index (χ1) is 9.76. The molecular formula is C15H23N3O2. The van der Waals surface area contributed by atoms with Gasteiger partial charge in [-0.15, -0.1) is 0 Å². The van der Waals surface area contributed by atoms with E-state index in [1.165, 1.54) is 0 Å². The molecule has 1 aromatic rings. The maximum atomic E-state index is 12.6. The largest absolute Gasteiger partial charge is 0.396 e. The Kier molecular flexibility index (Phi) is 5.35. The quantitative estimate of drug-likeness (QED) is 0.860.